The van der Waals surface area contributed by atoms with Crippen molar-refractivity contribution in [2.45, 2.75) is 52.0 Å². The van der Waals surface area contributed by atoms with E-state index in [1.807, 2.05) is 6.92 Å². The van der Waals surface area contributed by atoms with Crippen molar-refractivity contribution in [1.82, 2.24) is 5.32 Å². The van der Waals surface area contributed by atoms with Gasteiger partial charge in [-0.25, -0.2) is 0 Å². The van der Waals surface area contributed by atoms with Gasteiger partial charge in [-0.1, -0.05) is 20.3 Å². The molecule has 0 aliphatic heterocycles. The highest BCUT2D eigenvalue weighted by molar-refractivity contribution is 5.85. The van der Waals surface area contributed by atoms with Crippen LogP contribution in [-0.2, 0) is 4.79 Å². The first-order valence-corrected chi connectivity index (χ1v) is 6.03. The highest BCUT2D eigenvalue weighted by Crippen LogP contribution is 2.29. The summed E-state index contributed by atoms with van der Waals surface area (Å²) in [5, 5.41) is 2.97. The van der Waals surface area contributed by atoms with Crippen LogP contribution in [0.3, 0.4) is 0 Å². The van der Waals surface area contributed by atoms with Crippen molar-refractivity contribution >= 4 is 5.91 Å². The van der Waals surface area contributed by atoms with E-state index >= 15 is 0 Å². The molecule has 3 nitrogen and oxygen atoms in total. The summed E-state index contributed by atoms with van der Waals surface area (Å²) in [4.78, 5) is 11.7. The van der Waals surface area contributed by atoms with Crippen molar-refractivity contribution < 1.29 is 4.79 Å². The predicted molar refractivity (Wildman–Crippen MR) is 62.4 cm³/mol. The summed E-state index contributed by atoms with van der Waals surface area (Å²) >= 11 is 0. The Morgan fingerprint density at radius 2 is 2.20 bits per heavy atom. The molecule has 3 N–H and O–H groups in total. The molecule has 0 bridgehead atoms. The number of amides is 1. The van der Waals surface area contributed by atoms with Crippen LogP contribution in [-0.4, -0.2) is 18.0 Å². The van der Waals surface area contributed by atoms with Gasteiger partial charge in [0.2, 0.25) is 5.91 Å². The molecule has 0 aromatic heterocycles. The summed E-state index contributed by atoms with van der Waals surface area (Å²) in [7, 11) is 0. The third-order valence-electron chi connectivity index (χ3n) is 3.61. The number of carbonyl (C=O) groups is 1. The molecule has 1 fully saturated rings. The lowest BCUT2D eigenvalue weighted by Crippen LogP contribution is -2.51. The van der Waals surface area contributed by atoms with Crippen molar-refractivity contribution in [3.63, 3.8) is 0 Å². The zero-order valence-electron chi connectivity index (χ0n) is 10.2. The fourth-order valence-electron chi connectivity index (χ4n) is 2.11. The predicted octanol–water partition coefficient (Wildman–Crippen LogP) is 1.67. The maximum Gasteiger partial charge on any atom is 0.239 e. The first-order valence-electron chi connectivity index (χ1n) is 6.03. The minimum Gasteiger partial charge on any atom is -0.354 e. The smallest absolute Gasteiger partial charge is 0.239 e. The van der Waals surface area contributed by atoms with Crippen LogP contribution in [0.4, 0.5) is 0 Å². The van der Waals surface area contributed by atoms with Gasteiger partial charge in [-0.2, -0.15) is 0 Å². The molecule has 15 heavy (non-hydrogen) atoms. The Bertz CT molecular complexity index is 226. The van der Waals surface area contributed by atoms with Gasteiger partial charge >= 0.3 is 0 Å². The maximum absolute atomic E-state index is 11.7. The van der Waals surface area contributed by atoms with E-state index in [2.05, 4.69) is 12.2 Å². The quantitative estimate of drug-likeness (QED) is 0.744. The summed E-state index contributed by atoms with van der Waals surface area (Å²) in [6.07, 6.45) is 4.47. The third kappa shape index (κ3) is 3.49. The number of nitrogens with two attached hydrogens (primary N) is 1. The Morgan fingerprint density at radius 3 is 2.67 bits per heavy atom. The molecule has 1 amide bonds. The molecule has 1 aliphatic rings. The fraction of sp³-hybridized carbons (Fsp3) is 0.917. The van der Waals surface area contributed by atoms with Crippen molar-refractivity contribution in [2.75, 3.05) is 6.54 Å². The minimum absolute atomic E-state index is 0.00967. The van der Waals surface area contributed by atoms with Crippen LogP contribution < -0.4 is 11.1 Å². The Labute approximate surface area is 92.8 Å². The van der Waals surface area contributed by atoms with E-state index in [0.717, 1.165) is 12.5 Å². The molecular weight excluding hydrogens is 188 g/mol. The van der Waals surface area contributed by atoms with E-state index in [4.69, 9.17) is 5.73 Å². The van der Waals surface area contributed by atoms with Gasteiger partial charge in [0.25, 0.3) is 0 Å². The lowest BCUT2D eigenvalue weighted by Gasteiger charge is -2.22. The third-order valence-corrected chi connectivity index (χ3v) is 3.61. The minimum atomic E-state index is -0.704. The van der Waals surface area contributed by atoms with Gasteiger partial charge in [0.1, 0.15) is 0 Å². The molecule has 0 heterocycles. The summed E-state index contributed by atoms with van der Waals surface area (Å²) in [6.45, 7) is 6.81. The Kier molecular flexibility index (Phi) is 4.14. The summed E-state index contributed by atoms with van der Waals surface area (Å²) < 4.78 is 0. The van der Waals surface area contributed by atoms with E-state index in [1.165, 1.54) is 19.3 Å². The number of carbonyl (C=O) groups excluding carboxylic acids is 1. The Balaban J connectivity index is 2.28. The molecule has 1 saturated carbocycles. The molecule has 1 aliphatic carbocycles. The Morgan fingerprint density at radius 1 is 1.53 bits per heavy atom. The average molecular weight is 212 g/mol. The topological polar surface area (TPSA) is 55.1 Å². The molecule has 88 valence electrons. The van der Waals surface area contributed by atoms with E-state index < -0.39 is 5.54 Å². The van der Waals surface area contributed by atoms with Crippen LogP contribution in [0, 0.1) is 11.8 Å². The highest BCUT2D eigenvalue weighted by atomic mass is 16.2. The molecular formula is C12H24N2O. The molecule has 3 heteroatoms. The van der Waals surface area contributed by atoms with Crippen LogP contribution in [0.25, 0.3) is 0 Å². The standard InChI is InChI=1S/C12H24N2O/c1-4-12(3,13)11(15)14-8-10-6-5-9(2)7-10/h9-10H,4-8,13H2,1-3H3,(H,14,15). The van der Waals surface area contributed by atoms with Crippen molar-refractivity contribution in [1.29, 1.82) is 0 Å². The van der Waals surface area contributed by atoms with Gasteiger partial charge in [0, 0.05) is 6.54 Å². The normalized spacial score (nSPS) is 29.9. The van der Waals surface area contributed by atoms with E-state index in [0.29, 0.717) is 12.3 Å². The number of hydrogen-bond donors (Lipinski definition) is 2. The van der Waals surface area contributed by atoms with Crippen LogP contribution in [0.15, 0.2) is 0 Å². The zero-order valence-corrected chi connectivity index (χ0v) is 10.2. The molecule has 0 aromatic rings. The average Bonchev–Trinajstić information content (AvgIpc) is 2.60. The lowest BCUT2D eigenvalue weighted by atomic mass is 9.99. The van der Waals surface area contributed by atoms with Gasteiger partial charge in [-0.3, -0.25) is 4.79 Å². The van der Waals surface area contributed by atoms with Crippen LogP contribution in [0.2, 0.25) is 0 Å². The molecule has 0 aromatic carbocycles. The van der Waals surface area contributed by atoms with Crippen molar-refractivity contribution in [2.24, 2.45) is 17.6 Å². The van der Waals surface area contributed by atoms with Crippen molar-refractivity contribution in [3.05, 3.63) is 0 Å². The van der Waals surface area contributed by atoms with Crippen LogP contribution in [0.1, 0.15) is 46.5 Å². The number of rotatable bonds is 4. The molecule has 3 unspecified atom stereocenters. The first kappa shape index (κ1) is 12.5. The van der Waals surface area contributed by atoms with E-state index in [9.17, 15) is 4.79 Å². The lowest BCUT2D eigenvalue weighted by molar-refractivity contribution is -0.126. The second-order valence-corrected chi connectivity index (χ2v) is 5.27. The van der Waals surface area contributed by atoms with E-state index in [1.54, 1.807) is 6.92 Å². The molecule has 1 rings (SSSR count). The zero-order chi connectivity index (χ0) is 11.5. The fourth-order valence-corrected chi connectivity index (χ4v) is 2.11. The maximum atomic E-state index is 11.7. The highest BCUT2D eigenvalue weighted by Gasteiger charge is 2.27. The SMILES string of the molecule is CCC(C)(N)C(=O)NCC1CCC(C)C1. The molecule has 3 atom stereocenters. The monoisotopic (exact) mass is 212 g/mol. The Hall–Kier alpha value is -0.570. The van der Waals surface area contributed by atoms with Gasteiger partial charge in [0.05, 0.1) is 5.54 Å². The largest absolute Gasteiger partial charge is 0.354 e. The molecule has 0 spiro atoms. The van der Waals surface area contributed by atoms with Gasteiger partial charge in [-0.15, -0.1) is 0 Å². The van der Waals surface area contributed by atoms with Crippen LogP contribution >= 0.6 is 0 Å². The summed E-state index contributed by atoms with van der Waals surface area (Å²) in [6, 6.07) is 0. The van der Waals surface area contributed by atoms with Gasteiger partial charge in [0.15, 0.2) is 0 Å². The van der Waals surface area contributed by atoms with E-state index in [-0.39, 0.29) is 5.91 Å². The molecule has 0 saturated heterocycles. The first-order chi connectivity index (χ1) is 6.95. The number of hydrogen-bond acceptors (Lipinski definition) is 2. The van der Waals surface area contributed by atoms with Crippen LogP contribution in [0.5, 0.6) is 0 Å². The number of nitrogens with one attached hydrogen (secondary N) is 1. The second-order valence-electron chi connectivity index (χ2n) is 5.27. The second kappa shape index (κ2) is 4.97. The van der Waals surface area contributed by atoms with Gasteiger partial charge < -0.3 is 11.1 Å². The van der Waals surface area contributed by atoms with Gasteiger partial charge in [-0.05, 0) is 38.0 Å². The van der Waals surface area contributed by atoms with Crippen molar-refractivity contribution in [3.8, 4) is 0 Å². The summed E-state index contributed by atoms with van der Waals surface area (Å²) in [5.41, 5.74) is 5.16. The molecule has 0 radical (unpaired) electrons. The summed E-state index contributed by atoms with van der Waals surface area (Å²) in [5.74, 6) is 1.48.